The lowest BCUT2D eigenvalue weighted by Crippen LogP contribution is -2.04. The Labute approximate surface area is 99.2 Å². The van der Waals surface area contributed by atoms with Crippen LogP contribution in [-0.4, -0.2) is 11.0 Å². The van der Waals surface area contributed by atoms with E-state index >= 15 is 0 Å². The van der Waals surface area contributed by atoms with Crippen LogP contribution >= 0.6 is 27.3 Å². The zero-order valence-electron chi connectivity index (χ0n) is 8.20. The van der Waals surface area contributed by atoms with Gasteiger partial charge in [0.2, 0.25) is 5.88 Å². The molecule has 2 rings (SSSR count). The van der Waals surface area contributed by atoms with Gasteiger partial charge >= 0.3 is 5.97 Å². The Morgan fingerprint density at radius 2 is 2.33 bits per heavy atom. The van der Waals surface area contributed by atoms with Crippen molar-refractivity contribution in [3.8, 4) is 5.88 Å². The zero-order valence-corrected chi connectivity index (χ0v) is 10.6. The zero-order chi connectivity index (χ0) is 11.0. The minimum Gasteiger partial charge on any atom is -0.406 e. The molecule has 2 heterocycles. The molecule has 78 valence electrons. The molecule has 0 N–H and O–H groups in total. The van der Waals surface area contributed by atoms with Crippen LogP contribution in [0.25, 0.3) is 10.1 Å². The number of carbonyl (C=O) groups is 1. The Hall–Kier alpha value is -0.940. The summed E-state index contributed by atoms with van der Waals surface area (Å²) in [6, 6.07) is 1.98. The first-order valence-electron chi connectivity index (χ1n) is 4.31. The molecular formula is C10H8BrNO2S. The van der Waals surface area contributed by atoms with Gasteiger partial charge in [-0.1, -0.05) is 0 Å². The molecule has 0 saturated heterocycles. The molecule has 0 unspecified atom stereocenters. The summed E-state index contributed by atoms with van der Waals surface area (Å²) >= 11 is 5.01. The number of esters is 1. The van der Waals surface area contributed by atoms with E-state index in [9.17, 15) is 4.79 Å². The summed E-state index contributed by atoms with van der Waals surface area (Å²) in [4.78, 5) is 15.1. The lowest BCUT2D eigenvalue weighted by molar-refractivity contribution is -0.132. The van der Waals surface area contributed by atoms with Crippen molar-refractivity contribution in [2.75, 3.05) is 0 Å². The van der Waals surface area contributed by atoms with E-state index < -0.39 is 0 Å². The first-order chi connectivity index (χ1) is 7.09. The summed E-state index contributed by atoms with van der Waals surface area (Å²) in [5.41, 5.74) is 0.874. The van der Waals surface area contributed by atoms with Crippen molar-refractivity contribution in [3.63, 3.8) is 0 Å². The summed E-state index contributed by atoms with van der Waals surface area (Å²) in [6.07, 6.45) is 0. The van der Waals surface area contributed by atoms with Gasteiger partial charge in [0.05, 0.1) is 14.9 Å². The van der Waals surface area contributed by atoms with Gasteiger partial charge in [-0.05, 0) is 34.3 Å². The van der Waals surface area contributed by atoms with E-state index in [1.54, 1.807) is 11.3 Å². The summed E-state index contributed by atoms with van der Waals surface area (Å²) in [7, 11) is 0. The van der Waals surface area contributed by atoms with Gasteiger partial charge in [-0.3, -0.25) is 4.79 Å². The maximum atomic E-state index is 10.9. The first kappa shape index (κ1) is 10.6. The van der Waals surface area contributed by atoms with E-state index in [2.05, 4.69) is 20.9 Å². The third-order valence-corrected chi connectivity index (χ3v) is 3.72. The van der Waals surface area contributed by atoms with Crippen LogP contribution in [0.5, 0.6) is 5.88 Å². The molecule has 0 aliphatic rings. The molecule has 15 heavy (non-hydrogen) atoms. The minimum absolute atomic E-state index is 0.339. The Morgan fingerprint density at radius 3 is 3.00 bits per heavy atom. The average molecular weight is 286 g/mol. The van der Waals surface area contributed by atoms with Crippen LogP contribution in [0, 0.1) is 6.92 Å². The molecule has 2 aromatic rings. The second kappa shape index (κ2) is 3.90. The fourth-order valence-corrected chi connectivity index (χ4v) is 2.82. The highest BCUT2D eigenvalue weighted by molar-refractivity contribution is 9.10. The van der Waals surface area contributed by atoms with E-state index in [4.69, 9.17) is 4.74 Å². The Morgan fingerprint density at radius 1 is 1.60 bits per heavy atom. The Kier molecular flexibility index (Phi) is 2.75. The second-order valence-corrected chi connectivity index (χ2v) is 4.78. The van der Waals surface area contributed by atoms with Crippen molar-refractivity contribution in [2.24, 2.45) is 0 Å². The van der Waals surface area contributed by atoms with Crippen LogP contribution in [0.1, 0.15) is 12.6 Å². The number of hydrogen-bond acceptors (Lipinski definition) is 4. The largest absolute Gasteiger partial charge is 0.406 e. The highest BCUT2D eigenvalue weighted by Crippen LogP contribution is 2.35. The quantitative estimate of drug-likeness (QED) is 0.755. The molecular weight excluding hydrogens is 278 g/mol. The summed E-state index contributed by atoms with van der Waals surface area (Å²) < 4.78 is 6.86. The van der Waals surface area contributed by atoms with Crippen molar-refractivity contribution in [2.45, 2.75) is 13.8 Å². The van der Waals surface area contributed by atoms with Gasteiger partial charge in [-0.25, -0.2) is 4.98 Å². The topological polar surface area (TPSA) is 39.2 Å². The maximum absolute atomic E-state index is 10.9. The van der Waals surface area contributed by atoms with E-state index in [1.165, 1.54) is 6.92 Å². The molecule has 2 aromatic heterocycles. The van der Waals surface area contributed by atoms with Crippen LogP contribution in [0.3, 0.4) is 0 Å². The standard InChI is InChI=1S/C10H8BrNO2S/c1-5-9-7(3-4-15-9)8(11)10(12-5)14-6(2)13/h3-4H,1-2H3. The van der Waals surface area contributed by atoms with Crippen molar-refractivity contribution in [3.05, 3.63) is 21.6 Å². The number of aromatic nitrogens is 1. The molecule has 0 radical (unpaired) electrons. The molecule has 0 aliphatic heterocycles. The van der Waals surface area contributed by atoms with Gasteiger partial charge in [-0.2, -0.15) is 0 Å². The predicted molar refractivity (Wildman–Crippen MR) is 63.4 cm³/mol. The van der Waals surface area contributed by atoms with Gasteiger partial charge in [0.25, 0.3) is 0 Å². The first-order valence-corrected chi connectivity index (χ1v) is 5.98. The number of pyridine rings is 1. The molecule has 0 amide bonds. The fraction of sp³-hybridized carbons (Fsp3) is 0.200. The monoisotopic (exact) mass is 285 g/mol. The number of rotatable bonds is 1. The fourth-order valence-electron chi connectivity index (χ4n) is 1.33. The van der Waals surface area contributed by atoms with Crippen LogP contribution in [-0.2, 0) is 4.79 Å². The van der Waals surface area contributed by atoms with E-state index in [-0.39, 0.29) is 5.97 Å². The third kappa shape index (κ3) is 1.89. The van der Waals surface area contributed by atoms with Crippen molar-refractivity contribution in [1.82, 2.24) is 4.98 Å². The highest BCUT2D eigenvalue weighted by Gasteiger charge is 2.13. The molecule has 3 nitrogen and oxygen atoms in total. The van der Waals surface area contributed by atoms with Crippen LogP contribution in [0.2, 0.25) is 0 Å². The van der Waals surface area contributed by atoms with Crippen molar-refractivity contribution >= 4 is 43.3 Å². The molecule has 0 bridgehead atoms. The molecule has 0 aromatic carbocycles. The number of aryl methyl sites for hydroxylation is 1. The minimum atomic E-state index is -0.364. The van der Waals surface area contributed by atoms with Gasteiger partial charge in [-0.15, -0.1) is 11.3 Å². The molecule has 0 atom stereocenters. The second-order valence-electron chi connectivity index (χ2n) is 3.07. The van der Waals surface area contributed by atoms with Crippen LogP contribution in [0.15, 0.2) is 15.9 Å². The van der Waals surface area contributed by atoms with E-state index in [1.807, 2.05) is 18.4 Å². The highest BCUT2D eigenvalue weighted by atomic mass is 79.9. The number of hydrogen-bond donors (Lipinski definition) is 0. The van der Waals surface area contributed by atoms with Gasteiger partial charge < -0.3 is 4.74 Å². The number of nitrogens with zero attached hydrogens (tertiary/aromatic N) is 1. The number of fused-ring (bicyclic) bond motifs is 1. The van der Waals surface area contributed by atoms with Gasteiger partial charge in [0.15, 0.2) is 0 Å². The number of ether oxygens (including phenoxy) is 1. The number of carbonyl (C=O) groups excluding carboxylic acids is 1. The number of thiophene rings is 1. The van der Waals surface area contributed by atoms with Gasteiger partial charge in [0.1, 0.15) is 0 Å². The third-order valence-electron chi connectivity index (χ3n) is 1.93. The normalized spacial score (nSPS) is 10.6. The molecule has 0 fully saturated rings. The Balaban J connectivity index is 2.65. The van der Waals surface area contributed by atoms with Crippen molar-refractivity contribution in [1.29, 1.82) is 0 Å². The lowest BCUT2D eigenvalue weighted by Gasteiger charge is -2.05. The molecule has 5 heteroatoms. The SMILES string of the molecule is CC(=O)Oc1nc(C)c2sccc2c1Br. The van der Waals surface area contributed by atoms with Crippen LogP contribution < -0.4 is 4.74 Å². The lowest BCUT2D eigenvalue weighted by atomic mass is 10.3. The smallest absolute Gasteiger partial charge is 0.309 e. The maximum Gasteiger partial charge on any atom is 0.309 e. The van der Waals surface area contributed by atoms with Crippen molar-refractivity contribution < 1.29 is 9.53 Å². The molecule has 0 spiro atoms. The summed E-state index contributed by atoms with van der Waals surface area (Å²) in [5, 5.41) is 3.02. The Bertz CT molecular complexity index is 535. The molecule has 0 saturated carbocycles. The summed E-state index contributed by atoms with van der Waals surface area (Å²) in [5.74, 6) is -0.0249. The van der Waals surface area contributed by atoms with E-state index in [0.717, 1.165) is 20.3 Å². The van der Waals surface area contributed by atoms with Crippen LogP contribution in [0.4, 0.5) is 0 Å². The van der Waals surface area contributed by atoms with Gasteiger partial charge in [0, 0.05) is 12.3 Å². The number of halogens is 1. The molecule has 0 aliphatic carbocycles. The van der Waals surface area contributed by atoms with E-state index in [0.29, 0.717) is 5.88 Å². The summed E-state index contributed by atoms with van der Waals surface area (Å²) in [6.45, 7) is 3.26. The average Bonchev–Trinajstić information content (AvgIpc) is 2.61. The predicted octanol–water partition coefficient (Wildman–Crippen LogP) is 3.29.